The molecule has 1 N–H and O–H groups in total. The third-order valence-corrected chi connectivity index (χ3v) is 4.98. The van der Waals surface area contributed by atoms with E-state index in [0.29, 0.717) is 17.4 Å². The zero-order chi connectivity index (χ0) is 14.4. The predicted molar refractivity (Wildman–Crippen MR) is 81.6 cm³/mol. The van der Waals surface area contributed by atoms with Crippen molar-refractivity contribution in [2.75, 3.05) is 18.0 Å². The summed E-state index contributed by atoms with van der Waals surface area (Å²) in [6, 6.07) is 9.77. The molecule has 2 heterocycles. The minimum Gasteiger partial charge on any atom is -0.393 e. The van der Waals surface area contributed by atoms with Crippen LogP contribution in [0, 0.1) is 11.8 Å². The van der Waals surface area contributed by atoms with Crippen LogP contribution < -0.4 is 4.90 Å². The van der Waals surface area contributed by atoms with Gasteiger partial charge in [-0.2, -0.15) is 0 Å². The van der Waals surface area contributed by atoms with Gasteiger partial charge in [-0.3, -0.25) is 4.79 Å². The summed E-state index contributed by atoms with van der Waals surface area (Å²) in [5.74, 6) is 1.64. The lowest BCUT2D eigenvalue weighted by molar-refractivity contribution is 0.112. The predicted octanol–water partition coefficient (Wildman–Crippen LogP) is 2.25. The molecule has 0 radical (unpaired) electrons. The Morgan fingerprint density at radius 2 is 2.10 bits per heavy atom. The number of pyridine rings is 1. The molecule has 0 amide bonds. The average molecular weight is 282 g/mol. The molecule has 1 aromatic heterocycles. The summed E-state index contributed by atoms with van der Waals surface area (Å²) in [4.78, 5) is 18.3. The van der Waals surface area contributed by atoms with Crippen molar-refractivity contribution in [1.82, 2.24) is 4.98 Å². The Hall–Kier alpha value is -1.94. The molecule has 4 rings (SSSR count). The first-order chi connectivity index (χ1) is 10.3. The Morgan fingerprint density at radius 3 is 2.90 bits per heavy atom. The van der Waals surface area contributed by atoms with Crippen LogP contribution in [-0.2, 0) is 0 Å². The molecule has 1 saturated carbocycles. The molecule has 21 heavy (non-hydrogen) atoms. The fourth-order valence-electron chi connectivity index (χ4n) is 3.87. The number of aliphatic hydroxyl groups is 1. The summed E-state index contributed by atoms with van der Waals surface area (Å²) >= 11 is 0. The number of carbonyl (C=O) groups excluding carboxylic acids is 1. The van der Waals surface area contributed by atoms with Crippen LogP contribution in [0.1, 0.15) is 23.2 Å². The highest BCUT2D eigenvalue weighted by atomic mass is 16.3. The van der Waals surface area contributed by atoms with Crippen molar-refractivity contribution in [3.8, 4) is 0 Å². The van der Waals surface area contributed by atoms with E-state index >= 15 is 0 Å². The minimum atomic E-state index is -0.194. The maximum Gasteiger partial charge on any atom is 0.153 e. The number of benzene rings is 1. The van der Waals surface area contributed by atoms with E-state index in [1.807, 2.05) is 30.3 Å². The topological polar surface area (TPSA) is 53.4 Å². The van der Waals surface area contributed by atoms with E-state index in [9.17, 15) is 9.90 Å². The molecule has 1 aromatic carbocycles. The number of rotatable bonds is 2. The van der Waals surface area contributed by atoms with Gasteiger partial charge in [0.05, 0.1) is 17.2 Å². The largest absolute Gasteiger partial charge is 0.393 e. The maximum atomic E-state index is 11.4. The zero-order valence-corrected chi connectivity index (χ0v) is 11.8. The van der Waals surface area contributed by atoms with Gasteiger partial charge in [-0.15, -0.1) is 0 Å². The number of hydrogen-bond acceptors (Lipinski definition) is 4. The van der Waals surface area contributed by atoms with Crippen LogP contribution in [0.25, 0.3) is 10.9 Å². The normalized spacial score (nSPS) is 28.0. The van der Waals surface area contributed by atoms with Crippen LogP contribution in [0.3, 0.4) is 0 Å². The van der Waals surface area contributed by atoms with Gasteiger partial charge in [-0.25, -0.2) is 4.98 Å². The maximum absolute atomic E-state index is 11.4. The molecule has 0 bridgehead atoms. The Labute approximate surface area is 123 Å². The Kier molecular flexibility index (Phi) is 2.93. The number of aliphatic hydroxyl groups excluding tert-OH is 1. The zero-order valence-electron chi connectivity index (χ0n) is 11.8. The first kappa shape index (κ1) is 12.8. The van der Waals surface area contributed by atoms with Crippen molar-refractivity contribution in [3.05, 3.63) is 35.9 Å². The van der Waals surface area contributed by atoms with Crippen LogP contribution in [0.5, 0.6) is 0 Å². The summed E-state index contributed by atoms with van der Waals surface area (Å²) < 4.78 is 0. The lowest BCUT2D eigenvalue weighted by Gasteiger charge is -2.21. The van der Waals surface area contributed by atoms with Crippen molar-refractivity contribution in [2.24, 2.45) is 11.8 Å². The van der Waals surface area contributed by atoms with Crippen LogP contribution in [0.15, 0.2) is 30.3 Å². The summed E-state index contributed by atoms with van der Waals surface area (Å²) in [6.07, 6.45) is 2.68. The molecule has 1 aliphatic carbocycles. The van der Waals surface area contributed by atoms with Crippen molar-refractivity contribution in [1.29, 1.82) is 0 Å². The van der Waals surface area contributed by atoms with Gasteiger partial charge < -0.3 is 10.0 Å². The summed E-state index contributed by atoms with van der Waals surface area (Å²) in [5.41, 5.74) is 1.55. The number of fused-ring (bicyclic) bond motifs is 2. The minimum absolute atomic E-state index is 0.194. The van der Waals surface area contributed by atoms with Crippen molar-refractivity contribution < 1.29 is 9.90 Å². The number of hydrogen-bond donors (Lipinski definition) is 1. The summed E-state index contributed by atoms with van der Waals surface area (Å²) in [6.45, 7) is 1.70. The highest BCUT2D eigenvalue weighted by Crippen LogP contribution is 2.40. The van der Waals surface area contributed by atoms with Gasteiger partial charge in [0.25, 0.3) is 0 Å². The van der Waals surface area contributed by atoms with Crippen molar-refractivity contribution in [3.63, 3.8) is 0 Å². The molecule has 1 aliphatic heterocycles. The van der Waals surface area contributed by atoms with Gasteiger partial charge in [-0.1, -0.05) is 18.2 Å². The van der Waals surface area contributed by atoms with Gasteiger partial charge in [0, 0.05) is 24.4 Å². The standard InChI is InChI=1S/C17H18N2O2/c20-10-13-7-11-3-1-2-4-15(11)18-17(13)19-8-12-5-6-16(21)14(12)9-19/h1-4,7,10,12,14,16,21H,5-6,8-9H2. The fraction of sp³-hybridized carbons (Fsp3) is 0.412. The number of aldehydes is 1. The molecule has 108 valence electrons. The smallest absolute Gasteiger partial charge is 0.153 e. The lowest BCUT2D eigenvalue weighted by Crippen LogP contribution is -2.26. The average Bonchev–Trinajstić information content (AvgIpc) is 3.08. The molecule has 1 saturated heterocycles. The number of anilines is 1. The number of nitrogens with zero attached hydrogens (tertiary/aromatic N) is 2. The molecule has 3 atom stereocenters. The van der Waals surface area contributed by atoms with E-state index in [1.165, 1.54) is 0 Å². The highest BCUT2D eigenvalue weighted by molar-refractivity contribution is 5.91. The molecular weight excluding hydrogens is 264 g/mol. The molecule has 2 aliphatic rings. The molecule has 2 fully saturated rings. The SMILES string of the molecule is O=Cc1cc2ccccc2nc1N1CC2CCC(O)C2C1. The van der Waals surface area contributed by atoms with E-state index in [-0.39, 0.29) is 6.10 Å². The van der Waals surface area contributed by atoms with Gasteiger partial charge >= 0.3 is 0 Å². The van der Waals surface area contributed by atoms with Gasteiger partial charge in [0.2, 0.25) is 0 Å². The van der Waals surface area contributed by atoms with Crippen molar-refractivity contribution >= 4 is 23.0 Å². The van der Waals surface area contributed by atoms with Crippen molar-refractivity contribution in [2.45, 2.75) is 18.9 Å². The van der Waals surface area contributed by atoms with Crippen LogP contribution in [0.2, 0.25) is 0 Å². The second kappa shape index (κ2) is 4.81. The quantitative estimate of drug-likeness (QED) is 0.858. The summed E-state index contributed by atoms with van der Waals surface area (Å²) in [5, 5.41) is 11.0. The third kappa shape index (κ3) is 2.02. The van der Waals surface area contributed by atoms with Gasteiger partial charge in [0.15, 0.2) is 6.29 Å². The van der Waals surface area contributed by atoms with Crippen LogP contribution in [0.4, 0.5) is 5.82 Å². The number of para-hydroxylation sites is 1. The molecule has 4 heteroatoms. The van der Waals surface area contributed by atoms with E-state index in [2.05, 4.69) is 4.90 Å². The first-order valence-corrected chi connectivity index (χ1v) is 7.54. The van der Waals surface area contributed by atoms with Gasteiger partial charge in [0.1, 0.15) is 5.82 Å². The molecule has 0 spiro atoms. The molecule has 3 unspecified atom stereocenters. The molecule has 4 nitrogen and oxygen atoms in total. The monoisotopic (exact) mass is 282 g/mol. The Morgan fingerprint density at radius 1 is 1.24 bits per heavy atom. The third-order valence-electron chi connectivity index (χ3n) is 4.98. The second-order valence-electron chi connectivity index (χ2n) is 6.19. The lowest BCUT2D eigenvalue weighted by atomic mass is 10.00. The number of aromatic nitrogens is 1. The van der Waals surface area contributed by atoms with Gasteiger partial charge in [-0.05, 0) is 30.9 Å². The Bertz CT molecular complexity index is 700. The molecular formula is C17H18N2O2. The van der Waals surface area contributed by atoms with E-state index in [1.54, 1.807) is 0 Å². The summed E-state index contributed by atoms with van der Waals surface area (Å²) in [7, 11) is 0. The second-order valence-corrected chi connectivity index (χ2v) is 6.19. The van der Waals surface area contributed by atoms with Crippen LogP contribution >= 0.6 is 0 Å². The van der Waals surface area contributed by atoms with E-state index in [0.717, 1.165) is 48.9 Å². The highest BCUT2D eigenvalue weighted by Gasteiger charge is 2.42. The van der Waals surface area contributed by atoms with Crippen LogP contribution in [-0.4, -0.2) is 35.6 Å². The Balaban J connectivity index is 1.74. The van der Waals surface area contributed by atoms with E-state index < -0.39 is 0 Å². The fourth-order valence-corrected chi connectivity index (χ4v) is 3.87. The van der Waals surface area contributed by atoms with E-state index in [4.69, 9.17) is 4.98 Å². The molecule has 2 aromatic rings. The first-order valence-electron chi connectivity index (χ1n) is 7.54. The number of carbonyl (C=O) groups is 1.